The molecule has 0 radical (unpaired) electrons. The first-order valence-corrected chi connectivity index (χ1v) is 7.92. The molecular weight excluding hydrogens is 236 g/mol. The van der Waals surface area contributed by atoms with E-state index in [1.165, 1.54) is 12.8 Å². The van der Waals surface area contributed by atoms with E-state index in [1.54, 1.807) is 0 Å². The molecule has 2 fully saturated rings. The molecule has 19 heavy (non-hydrogen) atoms. The van der Waals surface area contributed by atoms with E-state index in [0.717, 1.165) is 19.3 Å². The van der Waals surface area contributed by atoms with Crippen LogP contribution in [0.1, 0.15) is 59.8 Å². The first kappa shape index (κ1) is 14.8. The van der Waals surface area contributed by atoms with Gasteiger partial charge in [0.25, 0.3) is 0 Å². The molecule has 0 spiro atoms. The van der Waals surface area contributed by atoms with Crippen molar-refractivity contribution in [3.63, 3.8) is 0 Å². The van der Waals surface area contributed by atoms with Crippen LogP contribution in [0.3, 0.4) is 0 Å². The quantitative estimate of drug-likeness (QED) is 0.822. The number of hydrogen-bond acceptors (Lipinski definition) is 2. The van der Waals surface area contributed by atoms with Crippen LogP contribution < -0.4 is 11.1 Å². The van der Waals surface area contributed by atoms with Gasteiger partial charge in [0.1, 0.15) is 0 Å². The molecule has 110 valence electrons. The summed E-state index contributed by atoms with van der Waals surface area (Å²) in [7, 11) is 0. The Morgan fingerprint density at radius 1 is 1.26 bits per heavy atom. The van der Waals surface area contributed by atoms with Gasteiger partial charge >= 0.3 is 0 Å². The molecule has 4 atom stereocenters. The zero-order valence-electron chi connectivity index (χ0n) is 12.9. The van der Waals surface area contributed by atoms with Crippen LogP contribution in [0.5, 0.6) is 0 Å². The van der Waals surface area contributed by atoms with Crippen LogP contribution >= 0.6 is 0 Å². The summed E-state index contributed by atoms with van der Waals surface area (Å²) in [4.78, 5) is 12.5. The molecule has 0 saturated heterocycles. The van der Waals surface area contributed by atoms with Gasteiger partial charge in [0.05, 0.1) is 5.54 Å². The molecule has 2 saturated carbocycles. The maximum Gasteiger partial charge on any atom is 0.240 e. The Labute approximate surface area is 117 Å². The van der Waals surface area contributed by atoms with Gasteiger partial charge in [-0.15, -0.1) is 0 Å². The molecule has 1 amide bonds. The summed E-state index contributed by atoms with van der Waals surface area (Å²) in [6.07, 6.45) is 5.84. The lowest BCUT2D eigenvalue weighted by Crippen LogP contribution is -2.58. The lowest BCUT2D eigenvalue weighted by atomic mass is 9.73. The lowest BCUT2D eigenvalue weighted by molar-refractivity contribution is -0.128. The second kappa shape index (κ2) is 5.43. The van der Waals surface area contributed by atoms with Gasteiger partial charge in [0.2, 0.25) is 5.91 Å². The van der Waals surface area contributed by atoms with Gasteiger partial charge in [-0.1, -0.05) is 27.2 Å². The molecule has 0 aliphatic heterocycles. The average Bonchev–Trinajstić information content (AvgIpc) is 3.12. The maximum atomic E-state index is 12.5. The molecule has 4 unspecified atom stereocenters. The minimum atomic E-state index is -0.664. The monoisotopic (exact) mass is 266 g/mol. The van der Waals surface area contributed by atoms with E-state index < -0.39 is 5.54 Å². The Hall–Kier alpha value is -0.570. The SMILES string of the molecule is CC1CCC(C(C)C)C(NC(=O)C(C)(N)C2CC2)C1. The Kier molecular flexibility index (Phi) is 4.24. The number of hydrogen-bond donors (Lipinski definition) is 2. The van der Waals surface area contributed by atoms with Gasteiger partial charge in [-0.3, -0.25) is 4.79 Å². The van der Waals surface area contributed by atoms with E-state index in [1.807, 2.05) is 6.92 Å². The van der Waals surface area contributed by atoms with Gasteiger partial charge in [0.15, 0.2) is 0 Å². The summed E-state index contributed by atoms with van der Waals surface area (Å²) in [6.45, 7) is 8.72. The second-order valence-corrected chi connectivity index (χ2v) is 7.46. The van der Waals surface area contributed by atoms with Gasteiger partial charge in [0, 0.05) is 6.04 Å². The van der Waals surface area contributed by atoms with E-state index in [9.17, 15) is 4.79 Å². The van der Waals surface area contributed by atoms with E-state index >= 15 is 0 Å². The normalized spacial score (nSPS) is 34.9. The number of carbonyl (C=O) groups is 1. The van der Waals surface area contributed by atoms with Gasteiger partial charge < -0.3 is 11.1 Å². The highest BCUT2D eigenvalue weighted by Gasteiger charge is 2.45. The van der Waals surface area contributed by atoms with Crippen molar-refractivity contribution in [2.75, 3.05) is 0 Å². The molecule has 2 rings (SSSR count). The van der Waals surface area contributed by atoms with Crippen LogP contribution in [0, 0.1) is 23.7 Å². The molecule has 3 nitrogen and oxygen atoms in total. The molecule has 0 aromatic rings. The predicted molar refractivity (Wildman–Crippen MR) is 78.6 cm³/mol. The molecular formula is C16H30N2O. The van der Waals surface area contributed by atoms with Crippen molar-refractivity contribution in [1.29, 1.82) is 0 Å². The summed E-state index contributed by atoms with van der Waals surface area (Å²) in [5.74, 6) is 2.41. The second-order valence-electron chi connectivity index (χ2n) is 7.46. The Balaban J connectivity index is 2.00. The van der Waals surface area contributed by atoms with Crippen LogP contribution in [0.15, 0.2) is 0 Å². The van der Waals surface area contributed by atoms with Crippen LogP contribution in [0.4, 0.5) is 0 Å². The summed E-state index contributed by atoms with van der Waals surface area (Å²) in [5.41, 5.74) is 5.56. The topological polar surface area (TPSA) is 55.1 Å². The molecule has 0 bridgehead atoms. The fourth-order valence-electron chi connectivity index (χ4n) is 3.56. The number of carbonyl (C=O) groups excluding carboxylic acids is 1. The molecule has 2 aliphatic carbocycles. The average molecular weight is 266 g/mol. The van der Waals surface area contributed by atoms with E-state index in [4.69, 9.17) is 5.73 Å². The number of nitrogens with one attached hydrogen (secondary N) is 1. The van der Waals surface area contributed by atoms with Crippen molar-refractivity contribution < 1.29 is 4.79 Å². The Bertz CT molecular complexity index is 334. The molecule has 0 heterocycles. The summed E-state index contributed by atoms with van der Waals surface area (Å²) < 4.78 is 0. The van der Waals surface area contributed by atoms with Crippen LogP contribution in [-0.4, -0.2) is 17.5 Å². The third-order valence-electron chi connectivity index (χ3n) is 5.25. The minimum Gasteiger partial charge on any atom is -0.351 e. The van der Waals surface area contributed by atoms with Gasteiger partial charge in [-0.2, -0.15) is 0 Å². The van der Waals surface area contributed by atoms with Crippen molar-refractivity contribution in [3.05, 3.63) is 0 Å². The van der Waals surface area contributed by atoms with Gasteiger partial charge in [-0.25, -0.2) is 0 Å². The van der Waals surface area contributed by atoms with Crippen LogP contribution in [-0.2, 0) is 4.79 Å². The fraction of sp³-hybridized carbons (Fsp3) is 0.938. The van der Waals surface area contributed by atoms with E-state index in [-0.39, 0.29) is 5.91 Å². The zero-order valence-corrected chi connectivity index (χ0v) is 12.9. The van der Waals surface area contributed by atoms with Gasteiger partial charge in [-0.05, 0) is 56.3 Å². The van der Waals surface area contributed by atoms with Crippen LogP contribution in [0.25, 0.3) is 0 Å². The predicted octanol–water partition coefficient (Wildman–Crippen LogP) is 2.69. The summed E-state index contributed by atoms with van der Waals surface area (Å²) >= 11 is 0. The third-order valence-corrected chi connectivity index (χ3v) is 5.25. The van der Waals surface area contributed by atoms with Crippen molar-refractivity contribution in [1.82, 2.24) is 5.32 Å². The Morgan fingerprint density at radius 2 is 1.89 bits per heavy atom. The molecule has 2 aliphatic rings. The number of nitrogens with two attached hydrogens (primary N) is 1. The maximum absolute atomic E-state index is 12.5. The lowest BCUT2D eigenvalue weighted by Gasteiger charge is -2.39. The zero-order chi connectivity index (χ0) is 14.2. The summed E-state index contributed by atoms with van der Waals surface area (Å²) in [6, 6.07) is 0.317. The van der Waals surface area contributed by atoms with E-state index in [0.29, 0.717) is 29.7 Å². The standard InChI is InChI=1S/C16H30N2O/c1-10(2)13-8-5-11(3)9-14(13)18-15(19)16(4,17)12-6-7-12/h10-14H,5-9,17H2,1-4H3,(H,18,19). The van der Waals surface area contributed by atoms with E-state index in [2.05, 4.69) is 26.1 Å². The highest BCUT2D eigenvalue weighted by molar-refractivity contribution is 5.86. The highest BCUT2D eigenvalue weighted by Crippen LogP contribution is 2.39. The number of rotatable bonds is 4. The largest absolute Gasteiger partial charge is 0.351 e. The minimum absolute atomic E-state index is 0.0692. The first-order chi connectivity index (χ1) is 8.82. The molecule has 0 aromatic carbocycles. The van der Waals surface area contributed by atoms with Crippen molar-refractivity contribution in [2.45, 2.75) is 71.4 Å². The Morgan fingerprint density at radius 3 is 2.42 bits per heavy atom. The molecule has 0 aromatic heterocycles. The molecule has 3 heteroatoms. The smallest absolute Gasteiger partial charge is 0.240 e. The molecule has 3 N–H and O–H groups in total. The first-order valence-electron chi connectivity index (χ1n) is 7.92. The summed E-state index contributed by atoms with van der Waals surface area (Å²) in [5, 5.41) is 3.28. The fourth-order valence-corrected chi connectivity index (χ4v) is 3.56. The van der Waals surface area contributed by atoms with Crippen molar-refractivity contribution in [2.24, 2.45) is 29.4 Å². The van der Waals surface area contributed by atoms with Crippen LogP contribution in [0.2, 0.25) is 0 Å². The van der Waals surface area contributed by atoms with Crippen molar-refractivity contribution >= 4 is 5.91 Å². The van der Waals surface area contributed by atoms with Crippen molar-refractivity contribution in [3.8, 4) is 0 Å². The number of amides is 1. The highest BCUT2D eigenvalue weighted by atomic mass is 16.2. The third kappa shape index (κ3) is 3.31.